The number of ether oxygens (including phenoxy) is 2. The molecule has 0 aliphatic carbocycles. The monoisotopic (exact) mass is 446 g/mol. The fraction of sp³-hybridized carbons (Fsp3) is 1.00. The molecule has 1 heterocycles. The van der Waals surface area contributed by atoms with Crippen LogP contribution in [0.2, 0.25) is 0 Å². The molecule has 1 aliphatic rings. The van der Waals surface area contributed by atoms with Crippen LogP contribution in [0.3, 0.4) is 0 Å². The zero-order chi connectivity index (χ0) is 19.7. The number of rotatable bonds is 8. The molecule has 15 heteroatoms. The van der Waals surface area contributed by atoms with Crippen molar-refractivity contribution in [2.75, 3.05) is 39.1 Å². The topological polar surface area (TPSA) is 149 Å². The van der Waals surface area contributed by atoms with Crippen LogP contribution in [0, 0.1) is 0 Å². The molecule has 0 aromatic carbocycles. The van der Waals surface area contributed by atoms with Gasteiger partial charge >= 0.3 is 0 Å². The van der Waals surface area contributed by atoms with Crippen molar-refractivity contribution in [3.8, 4) is 0 Å². The van der Waals surface area contributed by atoms with Crippen molar-refractivity contribution in [1.29, 1.82) is 0 Å². The lowest BCUT2D eigenvalue weighted by atomic mass is 10.00. The van der Waals surface area contributed by atoms with Crippen molar-refractivity contribution in [2.24, 2.45) is 0 Å². The lowest BCUT2D eigenvalue weighted by molar-refractivity contribution is -0.303. The minimum absolute atomic E-state index is 0.453. The molecule has 1 saturated heterocycles. The van der Waals surface area contributed by atoms with Gasteiger partial charge in [-0.05, 0) is 0 Å². The number of hydrogen-bond donors (Lipinski definition) is 0. The molecule has 0 amide bonds. The Bertz CT molecular complexity index is 775. The summed E-state index contributed by atoms with van der Waals surface area (Å²) in [6.07, 6.45) is -0.704. The molecule has 25 heavy (non-hydrogen) atoms. The molecule has 1 aliphatic heterocycles. The second-order valence-corrected chi connectivity index (χ2v) is 10.6. The molecule has 0 aromatic rings. The maximum Gasteiger partial charge on any atom is 0.264 e. The lowest BCUT2D eigenvalue weighted by Crippen LogP contribution is -2.64. The van der Waals surface area contributed by atoms with E-state index in [1.165, 1.54) is 0 Å². The zero-order valence-electron chi connectivity index (χ0n) is 13.7. The van der Waals surface area contributed by atoms with E-state index in [4.69, 9.17) is 29.4 Å². The average Bonchev–Trinajstić information content (AvgIpc) is 2.39. The summed E-state index contributed by atoms with van der Waals surface area (Å²) in [5.74, 6) is -2.03. The van der Waals surface area contributed by atoms with Crippen molar-refractivity contribution in [2.45, 2.75) is 23.4 Å². The van der Waals surface area contributed by atoms with Gasteiger partial charge in [0.1, 0.15) is 12.7 Å². The highest BCUT2D eigenvalue weighted by atomic mass is 35.5. The second kappa shape index (κ2) is 7.90. The van der Waals surface area contributed by atoms with Gasteiger partial charge in [-0.25, -0.2) is 0 Å². The SMILES string of the molecule is CO[C@]1(COS(C)(=O)=O)OC[C@@H](OS(C)(=O)=O)[C@@H](Cl)[C@@H]1OS(C)(=O)=O. The van der Waals surface area contributed by atoms with Crippen LogP contribution in [-0.2, 0) is 52.4 Å². The van der Waals surface area contributed by atoms with Crippen LogP contribution in [0.4, 0.5) is 0 Å². The van der Waals surface area contributed by atoms with Gasteiger partial charge in [0.05, 0.1) is 30.8 Å². The first kappa shape index (κ1) is 23.0. The molecule has 1 fully saturated rings. The summed E-state index contributed by atoms with van der Waals surface area (Å²) in [7, 11) is -10.9. The third kappa shape index (κ3) is 7.22. The molecular weight excluding hydrogens is 428 g/mol. The smallest absolute Gasteiger partial charge is 0.264 e. The van der Waals surface area contributed by atoms with Crippen molar-refractivity contribution in [3.63, 3.8) is 0 Å². The minimum Gasteiger partial charge on any atom is -0.349 e. The van der Waals surface area contributed by atoms with Gasteiger partial charge in [-0.2, -0.15) is 25.3 Å². The van der Waals surface area contributed by atoms with Gasteiger partial charge in [0.15, 0.2) is 6.10 Å². The Morgan fingerprint density at radius 3 is 1.92 bits per heavy atom. The second-order valence-electron chi connectivity index (χ2n) is 5.30. The Morgan fingerprint density at radius 1 is 1.00 bits per heavy atom. The van der Waals surface area contributed by atoms with E-state index in [1.807, 2.05) is 0 Å². The molecule has 4 atom stereocenters. The van der Waals surface area contributed by atoms with Crippen LogP contribution in [0.1, 0.15) is 0 Å². The largest absolute Gasteiger partial charge is 0.349 e. The third-order valence-electron chi connectivity index (χ3n) is 2.97. The maximum absolute atomic E-state index is 11.5. The quantitative estimate of drug-likeness (QED) is 0.321. The molecule has 0 saturated carbocycles. The van der Waals surface area contributed by atoms with E-state index in [-0.39, 0.29) is 0 Å². The molecule has 0 bridgehead atoms. The average molecular weight is 447 g/mol. The lowest BCUT2D eigenvalue weighted by Gasteiger charge is -2.45. The van der Waals surface area contributed by atoms with Gasteiger partial charge in [0.25, 0.3) is 30.4 Å². The molecular formula is C10H19ClO11S3. The van der Waals surface area contributed by atoms with E-state index in [1.54, 1.807) is 0 Å². The van der Waals surface area contributed by atoms with Gasteiger partial charge in [-0.1, -0.05) is 0 Å². The van der Waals surface area contributed by atoms with E-state index in [0.717, 1.165) is 25.9 Å². The number of methoxy groups -OCH3 is 1. The number of hydrogen-bond acceptors (Lipinski definition) is 11. The molecule has 0 aromatic heterocycles. The predicted molar refractivity (Wildman–Crippen MR) is 85.6 cm³/mol. The van der Waals surface area contributed by atoms with Gasteiger partial charge < -0.3 is 9.47 Å². The fourth-order valence-electron chi connectivity index (χ4n) is 2.00. The van der Waals surface area contributed by atoms with Crippen LogP contribution in [0.5, 0.6) is 0 Å². The van der Waals surface area contributed by atoms with Gasteiger partial charge in [0, 0.05) is 7.11 Å². The first-order valence-corrected chi connectivity index (χ1v) is 12.4. The first-order chi connectivity index (χ1) is 11.1. The summed E-state index contributed by atoms with van der Waals surface area (Å²) in [5, 5.41) is -1.39. The van der Waals surface area contributed by atoms with Crippen molar-refractivity contribution >= 4 is 42.0 Å². The summed E-state index contributed by atoms with van der Waals surface area (Å²) in [6, 6.07) is 0. The molecule has 11 nitrogen and oxygen atoms in total. The predicted octanol–water partition coefficient (Wildman–Crippen LogP) is -1.37. The van der Waals surface area contributed by atoms with E-state index in [0.29, 0.717) is 0 Å². The summed E-state index contributed by atoms with van der Waals surface area (Å²) >= 11 is 6.13. The van der Waals surface area contributed by atoms with E-state index >= 15 is 0 Å². The van der Waals surface area contributed by atoms with Crippen LogP contribution < -0.4 is 0 Å². The van der Waals surface area contributed by atoms with Gasteiger partial charge in [-0.15, -0.1) is 11.6 Å². The van der Waals surface area contributed by atoms with Crippen molar-refractivity contribution < 1.29 is 47.3 Å². The standard InChI is InChI=1S/C10H19ClO11S3/c1-18-10(6-20-23(2,12)13)9(22-25(4,16)17)8(11)7(5-19-10)21-24(3,14)15/h7-9H,5-6H2,1-4H3/t7-,8-,9+,10-/m1/s1. The normalized spacial score (nSPS) is 31.8. The van der Waals surface area contributed by atoms with Crippen LogP contribution >= 0.6 is 11.6 Å². The van der Waals surface area contributed by atoms with E-state index < -0.39 is 66.9 Å². The molecule has 0 unspecified atom stereocenters. The summed E-state index contributed by atoms with van der Waals surface area (Å²) in [6.45, 7) is -1.23. The fourth-order valence-corrected chi connectivity index (χ4v) is 4.14. The van der Waals surface area contributed by atoms with Crippen LogP contribution in [-0.4, -0.2) is 87.7 Å². The Kier molecular flexibility index (Phi) is 7.26. The molecule has 0 spiro atoms. The molecule has 0 N–H and O–H groups in total. The van der Waals surface area contributed by atoms with Gasteiger partial charge in [-0.3, -0.25) is 12.5 Å². The Labute approximate surface area is 151 Å². The number of halogens is 1. The minimum atomic E-state index is -4.11. The van der Waals surface area contributed by atoms with Crippen LogP contribution in [0.25, 0.3) is 0 Å². The first-order valence-electron chi connectivity index (χ1n) is 6.53. The molecule has 150 valence electrons. The zero-order valence-corrected chi connectivity index (χ0v) is 16.9. The summed E-state index contributed by atoms with van der Waals surface area (Å²) in [4.78, 5) is 0. The highest BCUT2D eigenvalue weighted by Crippen LogP contribution is 2.35. The Morgan fingerprint density at radius 2 is 1.52 bits per heavy atom. The highest BCUT2D eigenvalue weighted by molar-refractivity contribution is 7.86. The molecule has 0 radical (unpaired) electrons. The molecule has 1 rings (SSSR count). The Balaban J connectivity index is 3.22. The highest BCUT2D eigenvalue weighted by Gasteiger charge is 2.55. The summed E-state index contributed by atoms with van der Waals surface area (Å²) < 4.78 is 92.7. The maximum atomic E-state index is 11.5. The van der Waals surface area contributed by atoms with E-state index in [2.05, 4.69) is 4.18 Å². The van der Waals surface area contributed by atoms with Crippen LogP contribution in [0.15, 0.2) is 0 Å². The third-order valence-corrected chi connectivity index (χ3v) is 5.18. The Hall–Kier alpha value is -0.0600. The van der Waals surface area contributed by atoms with E-state index in [9.17, 15) is 25.3 Å². The summed E-state index contributed by atoms with van der Waals surface area (Å²) in [5.41, 5.74) is 0. The van der Waals surface area contributed by atoms with Crippen molar-refractivity contribution in [3.05, 3.63) is 0 Å². The number of alkyl halides is 1. The van der Waals surface area contributed by atoms with Gasteiger partial charge in [0.2, 0.25) is 5.79 Å². The van der Waals surface area contributed by atoms with Crippen molar-refractivity contribution in [1.82, 2.24) is 0 Å².